The molecule has 1 aliphatic heterocycles. The largest absolute Gasteiger partial charge is 0.496 e. The molecule has 0 radical (unpaired) electrons. The van der Waals surface area contributed by atoms with E-state index in [0.717, 1.165) is 54.2 Å². The first-order valence-electron chi connectivity index (χ1n) is 9.52. The zero-order chi connectivity index (χ0) is 18.6. The Balaban J connectivity index is 0.00000225. The molecule has 2 heterocycles. The lowest BCUT2D eigenvalue weighted by molar-refractivity contribution is 0.371. The van der Waals surface area contributed by atoms with Crippen LogP contribution in [-0.4, -0.2) is 36.7 Å². The summed E-state index contributed by atoms with van der Waals surface area (Å²) in [6.07, 6.45) is 2.37. The Bertz CT molecular complexity index is 962. The van der Waals surface area contributed by atoms with Gasteiger partial charge < -0.3 is 24.9 Å². The van der Waals surface area contributed by atoms with Crippen molar-refractivity contribution >= 4 is 29.1 Å². The molecule has 0 aliphatic carbocycles. The van der Waals surface area contributed by atoms with Gasteiger partial charge in [0.2, 0.25) is 0 Å². The van der Waals surface area contributed by atoms with E-state index in [1.165, 1.54) is 12.8 Å². The van der Waals surface area contributed by atoms with Gasteiger partial charge in [0.05, 0.1) is 18.1 Å². The normalized spacial score (nSPS) is 14.6. The number of imidazole rings is 1. The van der Waals surface area contributed by atoms with Crippen molar-refractivity contribution in [3.8, 4) is 5.75 Å². The van der Waals surface area contributed by atoms with Crippen molar-refractivity contribution < 1.29 is 4.74 Å². The molecule has 0 spiro atoms. The van der Waals surface area contributed by atoms with Gasteiger partial charge in [-0.25, -0.2) is 4.79 Å². The molecule has 0 bridgehead atoms. The summed E-state index contributed by atoms with van der Waals surface area (Å²) in [5, 5.41) is 3.44. The van der Waals surface area contributed by atoms with Crippen LogP contribution in [0, 0.1) is 5.92 Å². The number of hydrogen-bond acceptors (Lipinski definition) is 4. The number of nitrogens with zero attached hydrogens (tertiary/aromatic N) is 1. The molecule has 0 saturated carbocycles. The molecule has 0 amide bonds. The fourth-order valence-electron chi connectivity index (χ4n) is 3.89. The van der Waals surface area contributed by atoms with E-state index in [9.17, 15) is 4.79 Å². The molecule has 150 valence electrons. The number of aromatic amines is 2. The molecule has 1 aromatic heterocycles. The molecule has 28 heavy (non-hydrogen) atoms. The number of fused-ring (bicyclic) bond motifs is 1. The Morgan fingerprint density at radius 2 is 1.82 bits per heavy atom. The molecule has 2 aromatic carbocycles. The molecule has 3 aromatic rings. The number of hydrogen-bond donors (Lipinski definition) is 3. The summed E-state index contributed by atoms with van der Waals surface area (Å²) in [6.45, 7) is 3.92. The van der Waals surface area contributed by atoms with Gasteiger partial charge >= 0.3 is 5.69 Å². The van der Waals surface area contributed by atoms with Crippen molar-refractivity contribution in [2.45, 2.75) is 19.4 Å². The molecule has 6 nitrogen and oxygen atoms in total. The topological polar surface area (TPSA) is 73.2 Å². The standard InChI is InChI=1S/C21H26N4O2.ClH/c1-27-20-5-3-2-4-16(20)14-25(13-15-8-10-22-11-9-15)17-6-7-18-19(12-17)24-21(26)23-18;/h2-7,12,15,22H,8-11,13-14H2,1H3,(H2,23,24,26);1H. The molecular weight excluding hydrogens is 376 g/mol. The second kappa shape index (κ2) is 9.17. The number of para-hydroxylation sites is 1. The average Bonchev–Trinajstić information content (AvgIpc) is 3.08. The summed E-state index contributed by atoms with van der Waals surface area (Å²) in [5.41, 5.74) is 3.78. The third kappa shape index (κ3) is 4.51. The quantitative estimate of drug-likeness (QED) is 0.591. The maximum absolute atomic E-state index is 11.6. The van der Waals surface area contributed by atoms with E-state index in [0.29, 0.717) is 5.92 Å². The van der Waals surface area contributed by atoms with Gasteiger partial charge in [0.1, 0.15) is 5.75 Å². The Morgan fingerprint density at radius 3 is 2.61 bits per heavy atom. The lowest BCUT2D eigenvalue weighted by Crippen LogP contribution is -2.36. The van der Waals surface area contributed by atoms with Crippen LogP contribution in [0.5, 0.6) is 5.75 Å². The highest BCUT2D eigenvalue weighted by Gasteiger charge is 2.19. The number of anilines is 1. The number of ether oxygens (including phenoxy) is 1. The van der Waals surface area contributed by atoms with E-state index in [1.54, 1.807) is 7.11 Å². The zero-order valence-corrected chi connectivity index (χ0v) is 16.8. The minimum atomic E-state index is -0.170. The van der Waals surface area contributed by atoms with Gasteiger partial charge in [-0.05, 0) is 56.1 Å². The maximum atomic E-state index is 11.6. The predicted octanol–water partition coefficient (Wildman–Crippen LogP) is 3.29. The van der Waals surface area contributed by atoms with Crippen LogP contribution in [0.3, 0.4) is 0 Å². The Labute approximate surface area is 170 Å². The molecular formula is C21H27ClN4O2. The highest BCUT2D eigenvalue weighted by atomic mass is 35.5. The van der Waals surface area contributed by atoms with E-state index in [1.807, 2.05) is 24.3 Å². The Morgan fingerprint density at radius 1 is 1.07 bits per heavy atom. The molecule has 1 aliphatic rings. The lowest BCUT2D eigenvalue weighted by atomic mass is 9.97. The Kier molecular flexibility index (Phi) is 6.65. The van der Waals surface area contributed by atoms with Crippen LogP contribution < -0.4 is 20.6 Å². The van der Waals surface area contributed by atoms with Gasteiger partial charge in [-0.2, -0.15) is 0 Å². The van der Waals surface area contributed by atoms with Gasteiger partial charge in [0.25, 0.3) is 0 Å². The number of aromatic nitrogens is 2. The van der Waals surface area contributed by atoms with Crippen LogP contribution in [0.2, 0.25) is 0 Å². The molecule has 3 N–H and O–H groups in total. The van der Waals surface area contributed by atoms with Crippen LogP contribution >= 0.6 is 12.4 Å². The van der Waals surface area contributed by atoms with Crippen LogP contribution in [-0.2, 0) is 6.54 Å². The lowest BCUT2D eigenvalue weighted by Gasteiger charge is -2.32. The summed E-state index contributed by atoms with van der Waals surface area (Å²) in [6, 6.07) is 14.3. The third-order valence-corrected chi connectivity index (χ3v) is 5.36. The van der Waals surface area contributed by atoms with Crippen molar-refractivity contribution in [2.24, 2.45) is 5.92 Å². The van der Waals surface area contributed by atoms with E-state index in [2.05, 4.69) is 38.4 Å². The smallest absolute Gasteiger partial charge is 0.323 e. The summed E-state index contributed by atoms with van der Waals surface area (Å²) in [5.74, 6) is 1.56. The molecule has 7 heteroatoms. The van der Waals surface area contributed by atoms with E-state index in [-0.39, 0.29) is 18.1 Å². The summed E-state index contributed by atoms with van der Waals surface area (Å²) < 4.78 is 5.56. The first-order valence-corrected chi connectivity index (χ1v) is 9.52. The molecule has 1 saturated heterocycles. The van der Waals surface area contributed by atoms with Crippen molar-refractivity contribution in [1.82, 2.24) is 15.3 Å². The number of halogens is 1. The number of methoxy groups -OCH3 is 1. The average molecular weight is 403 g/mol. The highest BCUT2D eigenvalue weighted by molar-refractivity contribution is 5.85. The van der Waals surface area contributed by atoms with Gasteiger partial charge in [-0.3, -0.25) is 0 Å². The van der Waals surface area contributed by atoms with Crippen molar-refractivity contribution in [2.75, 3.05) is 31.6 Å². The zero-order valence-electron chi connectivity index (χ0n) is 16.0. The number of nitrogens with one attached hydrogen (secondary N) is 3. The Hall–Kier alpha value is -2.44. The first kappa shape index (κ1) is 20.3. The van der Waals surface area contributed by atoms with Crippen LogP contribution in [0.25, 0.3) is 11.0 Å². The third-order valence-electron chi connectivity index (χ3n) is 5.36. The molecule has 4 rings (SSSR count). The number of H-pyrrole nitrogens is 2. The maximum Gasteiger partial charge on any atom is 0.323 e. The highest BCUT2D eigenvalue weighted by Crippen LogP contribution is 2.27. The first-order chi connectivity index (χ1) is 13.2. The van der Waals surface area contributed by atoms with Crippen molar-refractivity contribution in [3.63, 3.8) is 0 Å². The van der Waals surface area contributed by atoms with Gasteiger partial charge in [-0.15, -0.1) is 12.4 Å². The SMILES string of the molecule is COc1ccccc1CN(CC1CCNCC1)c1ccc2[nH]c(=O)[nH]c2c1.Cl. The number of rotatable bonds is 6. The van der Waals surface area contributed by atoms with Gasteiger partial charge in [0, 0.05) is 24.3 Å². The molecule has 0 unspecified atom stereocenters. The fourth-order valence-corrected chi connectivity index (χ4v) is 3.89. The second-order valence-corrected chi connectivity index (χ2v) is 7.19. The van der Waals surface area contributed by atoms with Crippen LogP contribution in [0.15, 0.2) is 47.3 Å². The van der Waals surface area contributed by atoms with Crippen molar-refractivity contribution in [3.05, 3.63) is 58.5 Å². The minimum Gasteiger partial charge on any atom is -0.496 e. The van der Waals surface area contributed by atoms with Crippen molar-refractivity contribution in [1.29, 1.82) is 0 Å². The van der Waals surface area contributed by atoms with E-state index < -0.39 is 0 Å². The monoisotopic (exact) mass is 402 g/mol. The van der Waals surface area contributed by atoms with Crippen LogP contribution in [0.1, 0.15) is 18.4 Å². The van der Waals surface area contributed by atoms with Crippen LogP contribution in [0.4, 0.5) is 5.69 Å². The number of piperidine rings is 1. The second-order valence-electron chi connectivity index (χ2n) is 7.19. The summed E-state index contributed by atoms with van der Waals surface area (Å²) >= 11 is 0. The molecule has 1 fully saturated rings. The van der Waals surface area contributed by atoms with E-state index in [4.69, 9.17) is 4.74 Å². The molecule has 0 atom stereocenters. The number of benzene rings is 2. The van der Waals surface area contributed by atoms with Gasteiger partial charge in [0.15, 0.2) is 0 Å². The summed E-state index contributed by atoms with van der Waals surface area (Å²) in [4.78, 5) is 19.7. The predicted molar refractivity (Wildman–Crippen MR) is 116 cm³/mol. The summed E-state index contributed by atoms with van der Waals surface area (Å²) in [7, 11) is 1.71. The fraction of sp³-hybridized carbons (Fsp3) is 0.381. The van der Waals surface area contributed by atoms with E-state index >= 15 is 0 Å². The minimum absolute atomic E-state index is 0. The van der Waals surface area contributed by atoms with Gasteiger partial charge in [-0.1, -0.05) is 18.2 Å².